The molecule has 0 aliphatic rings. The monoisotopic (exact) mass is 235 g/mol. The van der Waals surface area contributed by atoms with E-state index in [-0.39, 0.29) is 5.65 Å². The number of halogens is 4. The summed E-state index contributed by atoms with van der Waals surface area (Å²) in [4.78, 5) is 3.39. The van der Waals surface area contributed by atoms with Gasteiger partial charge in [0.15, 0.2) is 5.65 Å². The zero-order valence-corrected chi connectivity index (χ0v) is 8.26. The Morgan fingerprint density at radius 1 is 1.40 bits per heavy atom. The average molecular weight is 236 g/mol. The van der Waals surface area contributed by atoms with Gasteiger partial charge in [0.1, 0.15) is 0 Å². The molecule has 0 aromatic carbocycles. The first-order valence-electron chi connectivity index (χ1n) is 3.98. The second-order valence-corrected chi connectivity index (χ2v) is 3.40. The van der Waals surface area contributed by atoms with Crippen LogP contribution >= 0.6 is 11.6 Å². The Balaban J connectivity index is 2.72. The van der Waals surface area contributed by atoms with Gasteiger partial charge in [-0.1, -0.05) is 11.6 Å². The zero-order chi connectivity index (χ0) is 11.2. The van der Waals surface area contributed by atoms with Gasteiger partial charge in [-0.3, -0.25) is 0 Å². The highest BCUT2D eigenvalue weighted by atomic mass is 35.5. The molecule has 0 aliphatic carbocycles. The highest BCUT2D eigenvalue weighted by Crippen LogP contribution is 2.28. The molecule has 0 saturated carbocycles. The van der Waals surface area contributed by atoms with E-state index in [1.807, 2.05) is 0 Å². The van der Waals surface area contributed by atoms with E-state index < -0.39 is 12.0 Å². The lowest BCUT2D eigenvalue weighted by atomic mass is 10.3. The minimum atomic E-state index is -4.54. The Labute approximate surface area is 87.5 Å². The summed E-state index contributed by atoms with van der Waals surface area (Å²) in [6.45, 7) is 1.59. The fraction of sp³-hybridized carbons (Fsp3) is 0.250. The van der Waals surface area contributed by atoms with Gasteiger partial charge in [0.05, 0.1) is 0 Å². The fourth-order valence-corrected chi connectivity index (χ4v) is 1.31. The average Bonchev–Trinajstić information content (AvgIpc) is 2.55. The quantitative estimate of drug-likeness (QED) is 0.703. The van der Waals surface area contributed by atoms with Crippen LogP contribution in [0.3, 0.4) is 0 Å². The lowest BCUT2D eigenvalue weighted by Crippen LogP contribution is -2.07. The maximum Gasteiger partial charge on any atom is 0.453 e. The van der Waals surface area contributed by atoms with Crippen molar-refractivity contribution in [3.63, 3.8) is 0 Å². The molecule has 0 saturated heterocycles. The van der Waals surface area contributed by atoms with Gasteiger partial charge >= 0.3 is 6.18 Å². The van der Waals surface area contributed by atoms with E-state index in [1.165, 1.54) is 12.3 Å². The standard InChI is InChI=1S/C8H5ClF3N3/c1-4-5(9)2-3-15-6(4)13-7(14-15)8(10,11)12/h2-3H,1H3. The molecule has 80 valence electrons. The number of nitrogens with zero attached hydrogens (tertiary/aromatic N) is 3. The molecule has 2 rings (SSSR count). The number of fused-ring (bicyclic) bond motifs is 1. The number of hydrogen-bond acceptors (Lipinski definition) is 2. The first kappa shape index (κ1) is 10.2. The Morgan fingerprint density at radius 3 is 2.67 bits per heavy atom. The minimum absolute atomic E-state index is 0.120. The number of rotatable bonds is 0. The lowest BCUT2D eigenvalue weighted by molar-refractivity contribution is -0.144. The van der Waals surface area contributed by atoms with Gasteiger partial charge < -0.3 is 0 Å². The summed E-state index contributed by atoms with van der Waals surface area (Å²) in [5.74, 6) is -1.16. The van der Waals surface area contributed by atoms with Crippen LogP contribution in [0.1, 0.15) is 11.4 Å². The van der Waals surface area contributed by atoms with Gasteiger partial charge in [-0.25, -0.2) is 9.50 Å². The summed E-state index contributed by atoms with van der Waals surface area (Å²) in [5, 5.41) is 3.67. The van der Waals surface area contributed by atoms with Gasteiger partial charge in [0.25, 0.3) is 5.82 Å². The van der Waals surface area contributed by atoms with E-state index in [4.69, 9.17) is 11.6 Å². The third-order valence-corrected chi connectivity index (χ3v) is 2.35. The van der Waals surface area contributed by atoms with Crippen LogP contribution in [0, 0.1) is 6.92 Å². The highest BCUT2D eigenvalue weighted by Gasteiger charge is 2.36. The van der Waals surface area contributed by atoms with Crippen molar-refractivity contribution in [1.82, 2.24) is 14.6 Å². The molecule has 7 heteroatoms. The number of hydrogen-bond donors (Lipinski definition) is 0. The van der Waals surface area contributed by atoms with Gasteiger partial charge in [-0.15, -0.1) is 5.10 Å². The molecule has 0 amide bonds. The molecule has 0 fully saturated rings. The van der Waals surface area contributed by atoms with Crippen LogP contribution in [-0.2, 0) is 6.18 Å². The SMILES string of the molecule is Cc1c(Cl)ccn2nc(C(F)(F)F)nc12. The van der Waals surface area contributed by atoms with E-state index in [0.29, 0.717) is 10.6 Å². The van der Waals surface area contributed by atoms with Crippen LogP contribution in [0.25, 0.3) is 5.65 Å². The second kappa shape index (κ2) is 3.10. The largest absolute Gasteiger partial charge is 0.453 e. The van der Waals surface area contributed by atoms with Crippen molar-refractivity contribution in [2.75, 3.05) is 0 Å². The summed E-state index contributed by atoms with van der Waals surface area (Å²) < 4.78 is 37.9. The van der Waals surface area contributed by atoms with Crippen molar-refractivity contribution in [2.45, 2.75) is 13.1 Å². The summed E-state index contributed by atoms with van der Waals surface area (Å²) in [5.41, 5.74) is 0.594. The van der Waals surface area contributed by atoms with Gasteiger partial charge in [-0.2, -0.15) is 13.2 Å². The second-order valence-electron chi connectivity index (χ2n) is 2.99. The van der Waals surface area contributed by atoms with Crippen molar-refractivity contribution in [3.05, 3.63) is 28.7 Å². The number of alkyl halides is 3. The number of aromatic nitrogens is 3. The molecule has 15 heavy (non-hydrogen) atoms. The summed E-state index contributed by atoms with van der Waals surface area (Å²) in [6.07, 6.45) is -3.20. The maximum atomic E-state index is 12.3. The summed E-state index contributed by atoms with van der Waals surface area (Å²) in [7, 11) is 0. The smallest absolute Gasteiger partial charge is 0.220 e. The molecule has 0 spiro atoms. The first-order valence-corrected chi connectivity index (χ1v) is 4.36. The fourth-order valence-electron chi connectivity index (χ4n) is 1.17. The number of aryl methyl sites for hydroxylation is 1. The normalized spacial score (nSPS) is 12.3. The van der Waals surface area contributed by atoms with Gasteiger partial charge in [-0.05, 0) is 13.0 Å². The van der Waals surface area contributed by atoms with Crippen molar-refractivity contribution in [2.24, 2.45) is 0 Å². The van der Waals surface area contributed by atoms with Gasteiger partial charge in [0, 0.05) is 16.8 Å². The van der Waals surface area contributed by atoms with Crippen LogP contribution in [0.2, 0.25) is 5.02 Å². The molecule has 0 aliphatic heterocycles. The molecule has 0 bridgehead atoms. The van der Waals surface area contributed by atoms with E-state index in [2.05, 4.69) is 10.1 Å². The predicted molar refractivity (Wildman–Crippen MR) is 47.7 cm³/mol. The molecular formula is C8H5ClF3N3. The Bertz CT molecular complexity index is 518. The molecule has 2 aromatic rings. The molecule has 2 heterocycles. The Morgan fingerprint density at radius 2 is 2.07 bits per heavy atom. The van der Waals surface area contributed by atoms with E-state index in [0.717, 1.165) is 4.52 Å². The lowest BCUT2D eigenvalue weighted by Gasteiger charge is -1.97. The summed E-state index contributed by atoms with van der Waals surface area (Å²) in [6, 6.07) is 1.47. The van der Waals surface area contributed by atoms with Crippen molar-refractivity contribution in [3.8, 4) is 0 Å². The third kappa shape index (κ3) is 1.65. The van der Waals surface area contributed by atoms with E-state index >= 15 is 0 Å². The van der Waals surface area contributed by atoms with E-state index in [1.54, 1.807) is 6.92 Å². The zero-order valence-electron chi connectivity index (χ0n) is 7.51. The van der Waals surface area contributed by atoms with Crippen LogP contribution in [0.5, 0.6) is 0 Å². The highest BCUT2D eigenvalue weighted by molar-refractivity contribution is 6.31. The minimum Gasteiger partial charge on any atom is -0.220 e. The predicted octanol–water partition coefficient (Wildman–Crippen LogP) is 2.71. The topological polar surface area (TPSA) is 30.2 Å². The van der Waals surface area contributed by atoms with Crippen LogP contribution in [0.4, 0.5) is 13.2 Å². The van der Waals surface area contributed by atoms with Crippen LogP contribution < -0.4 is 0 Å². The molecular weight excluding hydrogens is 231 g/mol. The summed E-state index contributed by atoms with van der Waals surface area (Å²) >= 11 is 5.75. The molecule has 0 radical (unpaired) electrons. The Hall–Kier alpha value is -1.30. The van der Waals surface area contributed by atoms with Gasteiger partial charge in [0.2, 0.25) is 0 Å². The molecule has 0 N–H and O–H groups in total. The van der Waals surface area contributed by atoms with Crippen molar-refractivity contribution >= 4 is 17.2 Å². The van der Waals surface area contributed by atoms with E-state index in [9.17, 15) is 13.2 Å². The maximum absolute atomic E-state index is 12.3. The molecule has 3 nitrogen and oxygen atoms in total. The van der Waals surface area contributed by atoms with Crippen molar-refractivity contribution in [1.29, 1.82) is 0 Å². The van der Waals surface area contributed by atoms with Crippen LogP contribution in [0.15, 0.2) is 12.3 Å². The first-order chi connectivity index (χ1) is 6.89. The number of pyridine rings is 1. The molecule has 2 aromatic heterocycles. The molecule has 0 unspecified atom stereocenters. The van der Waals surface area contributed by atoms with Crippen LogP contribution in [-0.4, -0.2) is 14.6 Å². The third-order valence-electron chi connectivity index (χ3n) is 1.94. The molecule has 0 atom stereocenters. The van der Waals surface area contributed by atoms with Crippen molar-refractivity contribution < 1.29 is 13.2 Å². The Kier molecular flexibility index (Phi) is 2.11.